The lowest BCUT2D eigenvalue weighted by atomic mass is 9.49. The highest BCUT2D eigenvalue weighted by Gasteiger charge is 2.54. The molecule has 0 unspecified atom stereocenters. The van der Waals surface area contributed by atoms with E-state index in [0.717, 1.165) is 69.2 Å². The molecule has 6 rings (SSSR count). The van der Waals surface area contributed by atoms with Gasteiger partial charge in [0.05, 0.1) is 0 Å². The molecule has 0 spiro atoms. The van der Waals surface area contributed by atoms with Gasteiger partial charge in [0, 0.05) is 24.0 Å². The molecule has 0 aromatic rings. The summed E-state index contributed by atoms with van der Waals surface area (Å²) in [6.45, 7) is 0.751. The summed E-state index contributed by atoms with van der Waals surface area (Å²) in [5.74, 6) is 3.16. The normalized spacial score (nSPS) is 47.1. The van der Waals surface area contributed by atoms with Crippen LogP contribution in [0.15, 0.2) is 0 Å². The summed E-state index contributed by atoms with van der Waals surface area (Å²) in [4.78, 5) is 26.2. The molecule has 6 bridgehead atoms. The zero-order valence-corrected chi connectivity index (χ0v) is 15.0. The predicted molar refractivity (Wildman–Crippen MR) is 93.0 cm³/mol. The van der Waals surface area contributed by atoms with Gasteiger partial charge in [-0.05, 0) is 87.9 Å². The van der Waals surface area contributed by atoms with Gasteiger partial charge < -0.3 is 15.3 Å². The van der Waals surface area contributed by atoms with Crippen LogP contribution in [0.5, 0.6) is 0 Å². The van der Waals surface area contributed by atoms with Gasteiger partial charge in [-0.25, -0.2) is 4.79 Å². The molecule has 138 valence electrons. The summed E-state index contributed by atoms with van der Waals surface area (Å²) in [5, 5.41) is 12.7. The smallest absolute Gasteiger partial charge is 0.407 e. The highest BCUT2D eigenvalue weighted by atomic mass is 16.4. The van der Waals surface area contributed by atoms with Crippen LogP contribution in [-0.2, 0) is 4.79 Å². The second-order valence-electron chi connectivity index (χ2n) is 9.82. The molecule has 5 nitrogen and oxygen atoms in total. The van der Waals surface area contributed by atoms with Crippen molar-refractivity contribution in [2.24, 2.45) is 29.1 Å². The minimum Gasteiger partial charge on any atom is -0.465 e. The molecule has 2 saturated heterocycles. The Morgan fingerprint density at radius 2 is 1.44 bits per heavy atom. The van der Waals surface area contributed by atoms with Crippen LogP contribution in [0.25, 0.3) is 0 Å². The average molecular weight is 346 g/mol. The van der Waals surface area contributed by atoms with Crippen molar-refractivity contribution in [1.29, 1.82) is 0 Å². The Balaban J connectivity index is 1.20. The highest BCUT2D eigenvalue weighted by molar-refractivity contribution is 5.83. The molecule has 25 heavy (non-hydrogen) atoms. The molecule has 4 aliphatic carbocycles. The van der Waals surface area contributed by atoms with Crippen molar-refractivity contribution in [2.75, 3.05) is 6.54 Å². The van der Waals surface area contributed by atoms with Crippen molar-refractivity contribution in [3.63, 3.8) is 0 Å². The number of rotatable bonds is 3. The van der Waals surface area contributed by atoms with E-state index in [1.54, 1.807) is 4.90 Å². The van der Waals surface area contributed by atoms with Crippen molar-refractivity contribution in [2.45, 2.75) is 76.3 Å². The van der Waals surface area contributed by atoms with E-state index in [1.165, 1.54) is 19.3 Å². The zero-order chi connectivity index (χ0) is 17.2. The molecule has 0 aromatic heterocycles. The van der Waals surface area contributed by atoms with E-state index in [1.807, 2.05) is 0 Å². The molecule has 3 atom stereocenters. The number of nitrogens with zero attached hydrogens (tertiary/aromatic N) is 1. The van der Waals surface area contributed by atoms with Crippen molar-refractivity contribution in [3.05, 3.63) is 0 Å². The van der Waals surface area contributed by atoms with E-state index in [9.17, 15) is 14.7 Å². The minimum absolute atomic E-state index is 0.0600. The summed E-state index contributed by atoms with van der Waals surface area (Å²) < 4.78 is 0. The van der Waals surface area contributed by atoms with E-state index in [0.29, 0.717) is 11.8 Å². The SMILES string of the molecule is O=C(O)N1[C@@H]2CC[C@H]1C[C@@H](CNC(=O)C13CC4CC(CC(C4)C1)C3)C2. The van der Waals surface area contributed by atoms with Crippen molar-refractivity contribution in [3.8, 4) is 0 Å². The van der Waals surface area contributed by atoms with Gasteiger partial charge in [-0.15, -0.1) is 0 Å². The average Bonchev–Trinajstić information content (AvgIpc) is 2.83. The Hall–Kier alpha value is -1.26. The quantitative estimate of drug-likeness (QED) is 0.824. The van der Waals surface area contributed by atoms with E-state index < -0.39 is 6.09 Å². The first kappa shape index (κ1) is 16.0. The molecule has 0 radical (unpaired) electrons. The summed E-state index contributed by atoms with van der Waals surface area (Å²) >= 11 is 0. The minimum atomic E-state index is -0.761. The number of carbonyl (C=O) groups is 2. The lowest BCUT2D eigenvalue weighted by Crippen LogP contribution is -2.54. The van der Waals surface area contributed by atoms with Gasteiger partial charge in [-0.2, -0.15) is 0 Å². The third kappa shape index (κ3) is 2.57. The zero-order valence-electron chi connectivity index (χ0n) is 15.0. The molecule has 5 heteroatoms. The number of amides is 2. The van der Waals surface area contributed by atoms with Gasteiger partial charge in [0.2, 0.25) is 5.91 Å². The van der Waals surface area contributed by atoms with Gasteiger partial charge >= 0.3 is 6.09 Å². The third-order valence-electron chi connectivity index (χ3n) is 8.12. The number of carbonyl (C=O) groups excluding carboxylic acids is 1. The third-order valence-corrected chi connectivity index (χ3v) is 8.12. The Morgan fingerprint density at radius 1 is 0.920 bits per heavy atom. The molecule has 6 aliphatic rings. The molecular weight excluding hydrogens is 316 g/mol. The van der Waals surface area contributed by atoms with Crippen LogP contribution in [0, 0.1) is 29.1 Å². The van der Waals surface area contributed by atoms with Gasteiger partial charge in [0.1, 0.15) is 0 Å². The van der Waals surface area contributed by atoms with E-state index >= 15 is 0 Å². The molecular formula is C20H30N2O3. The van der Waals surface area contributed by atoms with Gasteiger partial charge in [-0.3, -0.25) is 4.79 Å². The largest absolute Gasteiger partial charge is 0.465 e. The monoisotopic (exact) mass is 346 g/mol. The van der Waals surface area contributed by atoms with Gasteiger partial charge in [0.15, 0.2) is 0 Å². The predicted octanol–water partition coefficient (Wildman–Crippen LogP) is 3.24. The van der Waals surface area contributed by atoms with Crippen LogP contribution >= 0.6 is 0 Å². The topological polar surface area (TPSA) is 69.6 Å². The second kappa shape index (κ2) is 5.62. The Labute approximate surface area is 149 Å². The fourth-order valence-electron chi connectivity index (χ4n) is 7.58. The maximum absolute atomic E-state index is 13.1. The molecule has 2 amide bonds. The van der Waals surface area contributed by atoms with E-state index in [4.69, 9.17) is 0 Å². The van der Waals surface area contributed by atoms with Gasteiger partial charge in [0.25, 0.3) is 0 Å². The first-order valence-electron chi connectivity index (χ1n) is 10.3. The van der Waals surface area contributed by atoms with Crippen LogP contribution < -0.4 is 5.32 Å². The standard InChI is InChI=1S/C20H30N2O3/c23-18(20-8-12-3-13(9-20)5-14(4-12)10-20)21-11-15-6-16-1-2-17(7-15)22(16)19(24)25/h12-17H,1-11H2,(H,21,23)(H,24,25)/t12?,13?,14?,15-,16+,17-,20?. The van der Waals surface area contributed by atoms with Crippen LogP contribution in [0.1, 0.15) is 64.2 Å². The number of hydrogen-bond acceptors (Lipinski definition) is 2. The molecule has 6 fully saturated rings. The number of carboxylic acid groups (broad SMARTS) is 1. The molecule has 0 aromatic carbocycles. The maximum Gasteiger partial charge on any atom is 0.407 e. The number of piperidine rings is 1. The second-order valence-corrected chi connectivity index (χ2v) is 9.82. The first-order chi connectivity index (χ1) is 12.0. The molecule has 2 N–H and O–H groups in total. The number of nitrogens with one attached hydrogen (secondary N) is 1. The van der Waals surface area contributed by atoms with Crippen LogP contribution in [0.3, 0.4) is 0 Å². The van der Waals surface area contributed by atoms with Crippen LogP contribution in [0.4, 0.5) is 4.79 Å². The molecule has 2 heterocycles. The summed E-state index contributed by atoms with van der Waals surface area (Å²) in [7, 11) is 0. The number of fused-ring (bicyclic) bond motifs is 2. The fraction of sp³-hybridized carbons (Fsp3) is 0.900. The Bertz CT molecular complexity index is 540. The summed E-state index contributed by atoms with van der Waals surface area (Å²) in [6.07, 6.45) is 10.5. The highest BCUT2D eigenvalue weighted by Crippen LogP contribution is 2.60. The summed E-state index contributed by atoms with van der Waals surface area (Å²) in [6, 6.07) is 0.357. The summed E-state index contributed by atoms with van der Waals surface area (Å²) in [5.41, 5.74) is -0.0600. The van der Waals surface area contributed by atoms with Crippen molar-refractivity contribution >= 4 is 12.0 Å². The molecule has 4 saturated carbocycles. The van der Waals surface area contributed by atoms with Gasteiger partial charge in [-0.1, -0.05) is 0 Å². The van der Waals surface area contributed by atoms with Crippen LogP contribution in [0.2, 0.25) is 0 Å². The maximum atomic E-state index is 13.1. The van der Waals surface area contributed by atoms with E-state index in [2.05, 4.69) is 5.32 Å². The first-order valence-corrected chi connectivity index (χ1v) is 10.3. The number of hydrogen-bond donors (Lipinski definition) is 2. The lowest BCUT2D eigenvalue weighted by molar-refractivity contribution is -0.146. The van der Waals surface area contributed by atoms with E-state index in [-0.39, 0.29) is 17.5 Å². The lowest BCUT2D eigenvalue weighted by Gasteiger charge is -2.55. The Kier molecular flexibility index (Phi) is 3.58. The Morgan fingerprint density at radius 3 is 1.92 bits per heavy atom. The van der Waals surface area contributed by atoms with Crippen molar-refractivity contribution in [1.82, 2.24) is 10.2 Å². The van der Waals surface area contributed by atoms with Crippen molar-refractivity contribution < 1.29 is 14.7 Å². The van der Waals surface area contributed by atoms with Crippen LogP contribution in [-0.4, -0.2) is 40.6 Å². The molecule has 2 aliphatic heterocycles. The fourth-order valence-corrected chi connectivity index (χ4v) is 7.58.